The van der Waals surface area contributed by atoms with E-state index in [1.165, 1.54) is 44.9 Å². The summed E-state index contributed by atoms with van der Waals surface area (Å²) in [6.07, 6.45) is 14.7. The minimum atomic E-state index is 1.07. The van der Waals surface area contributed by atoms with Gasteiger partial charge in [-0.1, -0.05) is 29.7 Å². The molecular weight excluding hydrogens is 156 g/mol. The van der Waals surface area contributed by atoms with Crippen LogP contribution in [0.15, 0.2) is 23.3 Å². The smallest absolute Gasteiger partial charge is 0.0136 e. The Kier molecular flexibility index (Phi) is 1.81. The third kappa shape index (κ3) is 1.27. The first-order chi connectivity index (χ1) is 6.43. The lowest BCUT2D eigenvalue weighted by atomic mass is 9.74. The molecule has 0 aromatic carbocycles. The molecule has 0 saturated heterocycles. The van der Waals surface area contributed by atoms with Crippen molar-refractivity contribution in [2.75, 3.05) is 0 Å². The highest BCUT2D eigenvalue weighted by Gasteiger charge is 2.32. The second-order valence-corrected chi connectivity index (χ2v) is 4.95. The number of hydrogen-bond donors (Lipinski definition) is 0. The first kappa shape index (κ1) is 7.84. The monoisotopic (exact) mass is 174 g/mol. The zero-order valence-electron chi connectivity index (χ0n) is 8.26. The van der Waals surface area contributed by atoms with Crippen LogP contribution in [0.1, 0.15) is 44.9 Å². The van der Waals surface area contributed by atoms with Gasteiger partial charge in [0.25, 0.3) is 0 Å². The summed E-state index contributed by atoms with van der Waals surface area (Å²) >= 11 is 0. The van der Waals surface area contributed by atoms with Gasteiger partial charge in [-0.3, -0.25) is 0 Å². The molecule has 2 atom stereocenters. The van der Waals surface area contributed by atoms with E-state index >= 15 is 0 Å². The molecule has 13 heavy (non-hydrogen) atoms. The van der Waals surface area contributed by atoms with Gasteiger partial charge >= 0.3 is 0 Å². The Bertz CT molecular complexity index is 244. The second kappa shape index (κ2) is 3.01. The van der Waals surface area contributed by atoms with Crippen molar-refractivity contribution in [3.05, 3.63) is 23.3 Å². The first-order valence-corrected chi connectivity index (χ1v) is 5.78. The highest BCUT2D eigenvalue weighted by Crippen LogP contribution is 2.46. The Balaban J connectivity index is 1.84. The summed E-state index contributed by atoms with van der Waals surface area (Å²) in [5.74, 6) is 2.15. The van der Waals surface area contributed by atoms with Crippen molar-refractivity contribution < 1.29 is 0 Å². The van der Waals surface area contributed by atoms with Crippen LogP contribution in [0.5, 0.6) is 0 Å². The van der Waals surface area contributed by atoms with Crippen molar-refractivity contribution in [1.29, 1.82) is 0 Å². The standard InChI is InChI=1S/C13H18/c1-2-5-11-9-13-7-3-6-12(13)8-10(11)4-1/h1-2,12-13H,3-9H2. The predicted octanol–water partition coefficient (Wildman–Crippen LogP) is 3.84. The Morgan fingerprint density at radius 3 is 1.92 bits per heavy atom. The van der Waals surface area contributed by atoms with E-state index in [2.05, 4.69) is 12.2 Å². The van der Waals surface area contributed by atoms with Crippen molar-refractivity contribution in [2.24, 2.45) is 11.8 Å². The Morgan fingerprint density at radius 1 is 0.846 bits per heavy atom. The third-order valence-corrected chi connectivity index (χ3v) is 4.23. The lowest BCUT2D eigenvalue weighted by Gasteiger charge is -2.31. The molecule has 0 N–H and O–H groups in total. The topological polar surface area (TPSA) is 0 Å². The molecule has 0 aromatic heterocycles. The quantitative estimate of drug-likeness (QED) is 0.489. The Hall–Kier alpha value is -0.520. The Morgan fingerprint density at radius 2 is 1.38 bits per heavy atom. The molecule has 3 aliphatic carbocycles. The summed E-state index contributed by atoms with van der Waals surface area (Å²) < 4.78 is 0. The van der Waals surface area contributed by atoms with Gasteiger partial charge in [0.05, 0.1) is 0 Å². The highest BCUT2D eigenvalue weighted by molar-refractivity contribution is 5.27. The van der Waals surface area contributed by atoms with Crippen molar-refractivity contribution in [2.45, 2.75) is 44.9 Å². The molecule has 1 fully saturated rings. The summed E-state index contributed by atoms with van der Waals surface area (Å²) in [5, 5.41) is 0. The molecule has 0 amide bonds. The maximum atomic E-state index is 2.37. The minimum absolute atomic E-state index is 1.07. The number of hydrogen-bond acceptors (Lipinski definition) is 0. The van der Waals surface area contributed by atoms with Crippen molar-refractivity contribution >= 4 is 0 Å². The van der Waals surface area contributed by atoms with Gasteiger partial charge in [-0.25, -0.2) is 0 Å². The highest BCUT2D eigenvalue weighted by atomic mass is 14.4. The summed E-state index contributed by atoms with van der Waals surface area (Å²) in [6.45, 7) is 0. The van der Waals surface area contributed by atoms with E-state index in [4.69, 9.17) is 0 Å². The number of rotatable bonds is 0. The first-order valence-electron chi connectivity index (χ1n) is 5.78. The lowest BCUT2D eigenvalue weighted by Crippen LogP contribution is -2.17. The van der Waals surface area contributed by atoms with Crippen LogP contribution in [0.3, 0.4) is 0 Å². The summed E-state index contributed by atoms with van der Waals surface area (Å²) in [4.78, 5) is 0. The average molecular weight is 174 g/mol. The van der Waals surface area contributed by atoms with Gasteiger partial charge in [0, 0.05) is 0 Å². The normalized spacial score (nSPS) is 37.5. The molecule has 0 heterocycles. The molecule has 0 aromatic rings. The lowest BCUT2D eigenvalue weighted by molar-refractivity contribution is 0.352. The van der Waals surface area contributed by atoms with E-state index < -0.39 is 0 Å². The molecule has 0 spiro atoms. The predicted molar refractivity (Wildman–Crippen MR) is 55.5 cm³/mol. The molecule has 0 bridgehead atoms. The van der Waals surface area contributed by atoms with Crippen molar-refractivity contribution in [3.63, 3.8) is 0 Å². The average Bonchev–Trinajstić information content (AvgIpc) is 2.61. The fraction of sp³-hybridized carbons (Fsp3) is 0.692. The molecule has 2 unspecified atom stereocenters. The summed E-state index contributed by atoms with van der Waals surface area (Å²) in [6, 6.07) is 0. The minimum Gasteiger partial charge on any atom is -0.0841 e. The maximum absolute atomic E-state index is 2.37. The van der Waals surface area contributed by atoms with E-state index in [9.17, 15) is 0 Å². The van der Waals surface area contributed by atoms with E-state index in [0.717, 1.165) is 11.8 Å². The molecular formula is C13H18. The fourth-order valence-corrected chi connectivity index (χ4v) is 3.48. The van der Waals surface area contributed by atoms with Crippen molar-refractivity contribution in [3.8, 4) is 0 Å². The van der Waals surface area contributed by atoms with Gasteiger partial charge in [-0.05, 0) is 50.4 Å². The van der Waals surface area contributed by atoms with Gasteiger partial charge in [0.2, 0.25) is 0 Å². The SMILES string of the molecule is C1=CCC2=C(C1)CC1CCCC1C2. The van der Waals surface area contributed by atoms with E-state index in [1.807, 2.05) is 11.1 Å². The van der Waals surface area contributed by atoms with Crippen molar-refractivity contribution in [1.82, 2.24) is 0 Å². The van der Waals surface area contributed by atoms with Crippen LogP contribution in [0.25, 0.3) is 0 Å². The molecule has 3 aliphatic rings. The largest absolute Gasteiger partial charge is 0.0841 e. The van der Waals surface area contributed by atoms with E-state index in [0.29, 0.717) is 0 Å². The molecule has 3 rings (SSSR count). The summed E-state index contributed by atoms with van der Waals surface area (Å²) in [5.41, 5.74) is 3.62. The van der Waals surface area contributed by atoms with Crippen LogP contribution >= 0.6 is 0 Å². The maximum Gasteiger partial charge on any atom is -0.0136 e. The molecule has 70 valence electrons. The second-order valence-electron chi connectivity index (χ2n) is 4.95. The van der Waals surface area contributed by atoms with E-state index in [-0.39, 0.29) is 0 Å². The molecule has 0 nitrogen and oxygen atoms in total. The third-order valence-electron chi connectivity index (χ3n) is 4.23. The van der Waals surface area contributed by atoms with Crippen LogP contribution in [-0.4, -0.2) is 0 Å². The van der Waals surface area contributed by atoms with Gasteiger partial charge in [0.15, 0.2) is 0 Å². The van der Waals surface area contributed by atoms with Crippen LogP contribution in [-0.2, 0) is 0 Å². The Labute approximate surface area is 80.7 Å². The zero-order chi connectivity index (χ0) is 8.67. The van der Waals surface area contributed by atoms with Crippen LogP contribution < -0.4 is 0 Å². The van der Waals surface area contributed by atoms with Crippen LogP contribution in [0.4, 0.5) is 0 Å². The molecule has 0 heteroatoms. The van der Waals surface area contributed by atoms with Gasteiger partial charge in [0.1, 0.15) is 0 Å². The van der Waals surface area contributed by atoms with E-state index in [1.54, 1.807) is 0 Å². The fourth-order valence-electron chi connectivity index (χ4n) is 3.48. The molecule has 1 saturated carbocycles. The zero-order valence-corrected chi connectivity index (χ0v) is 8.26. The van der Waals surface area contributed by atoms with Gasteiger partial charge in [-0.2, -0.15) is 0 Å². The molecule has 0 aliphatic heterocycles. The van der Waals surface area contributed by atoms with Crippen LogP contribution in [0, 0.1) is 11.8 Å². The number of allylic oxidation sites excluding steroid dienone is 4. The number of fused-ring (bicyclic) bond motifs is 1. The molecule has 0 radical (unpaired) electrons. The summed E-state index contributed by atoms with van der Waals surface area (Å²) in [7, 11) is 0. The van der Waals surface area contributed by atoms with Gasteiger partial charge in [-0.15, -0.1) is 0 Å². The van der Waals surface area contributed by atoms with Gasteiger partial charge < -0.3 is 0 Å². The van der Waals surface area contributed by atoms with Crippen LogP contribution in [0.2, 0.25) is 0 Å².